The molecule has 70 valence electrons. The van der Waals surface area contributed by atoms with Crippen molar-refractivity contribution in [3.63, 3.8) is 0 Å². The van der Waals surface area contributed by atoms with Crippen molar-refractivity contribution < 1.29 is 0 Å². The maximum atomic E-state index is 4.39. The number of anilines is 1. The molecule has 2 heterocycles. The van der Waals surface area contributed by atoms with E-state index in [0.29, 0.717) is 0 Å². The Morgan fingerprint density at radius 2 is 2.46 bits per heavy atom. The monoisotopic (exact) mass is 177 g/mol. The maximum absolute atomic E-state index is 4.39. The fourth-order valence-electron chi connectivity index (χ4n) is 1.68. The Bertz CT molecular complexity index is 279. The highest BCUT2D eigenvalue weighted by Crippen LogP contribution is 2.16. The second-order valence-corrected chi connectivity index (χ2v) is 3.42. The highest BCUT2D eigenvalue weighted by Gasteiger charge is 2.12. The second-order valence-electron chi connectivity index (χ2n) is 3.42. The highest BCUT2D eigenvalue weighted by molar-refractivity contribution is 5.45. The van der Waals surface area contributed by atoms with Crippen LogP contribution >= 0.6 is 0 Å². The van der Waals surface area contributed by atoms with E-state index < -0.39 is 0 Å². The molecule has 2 rings (SSSR count). The SMILES string of the molecule is Cc1cccnc1N1CCCNC1. The average Bonchev–Trinajstić information content (AvgIpc) is 2.20. The van der Waals surface area contributed by atoms with E-state index >= 15 is 0 Å². The molecule has 0 bridgehead atoms. The van der Waals surface area contributed by atoms with E-state index in [1.807, 2.05) is 12.3 Å². The lowest BCUT2D eigenvalue weighted by molar-refractivity contribution is 0.548. The average molecular weight is 177 g/mol. The van der Waals surface area contributed by atoms with Crippen molar-refractivity contribution in [3.05, 3.63) is 23.9 Å². The molecule has 1 aliphatic heterocycles. The van der Waals surface area contributed by atoms with E-state index in [1.54, 1.807) is 0 Å². The zero-order valence-corrected chi connectivity index (χ0v) is 7.95. The first-order chi connectivity index (χ1) is 6.38. The van der Waals surface area contributed by atoms with Gasteiger partial charge in [-0.05, 0) is 31.5 Å². The molecule has 0 spiro atoms. The number of aryl methyl sites for hydroxylation is 1. The minimum Gasteiger partial charge on any atom is -0.344 e. The van der Waals surface area contributed by atoms with Crippen LogP contribution in [0.2, 0.25) is 0 Å². The minimum atomic E-state index is 0.928. The number of nitrogens with zero attached hydrogens (tertiary/aromatic N) is 2. The van der Waals surface area contributed by atoms with Crippen LogP contribution in [-0.2, 0) is 0 Å². The Labute approximate surface area is 78.8 Å². The second kappa shape index (κ2) is 3.75. The predicted molar refractivity (Wildman–Crippen MR) is 53.8 cm³/mol. The Kier molecular flexibility index (Phi) is 2.45. The molecule has 3 nitrogen and oxygen atoms in total. The first-order valence-electron chi connectivity index (χ1n) is 4.75. The number of hydrogen-bond donors (Lipinski definition) is 1. The largest absolute Gasteiger partial charge is 0.344 e. The molecule has 0 atom stereocenters. The third kappa shape index (κ3) is 1.80. The van der Waals surface area contributed by atoms with Crippen LogP contribution in [0.25, 0.3) is 0 Å². The molecule has 13 heavy (non-hydrogen) atoms. The van der Waals surface area contributed by atoms with Crippen LogP contribution in [0.3, 0.4) is 0 Å². The van der Waals surface area contributed by atoms with Gasteiger partial charge >= 0.3 is 0 Å². The zero-order chi connectivity index (χ0) is 9.10. The van der Waals surface area contributed by atoms with Gasteiger partial charge in [-0.15, -0.1) is 0 Å². The first-order valence-corrected chi connectivity index (χ1v) is 4.75. The van der Waals surface area contributed by atoms with Crippen molar-refractivity contribution >= 4 is 5.82 Å². The van der Waals surface area contributed by atoms with E-state index in [2.05, 4.69) is 28.2 Å². The molecular formula is C10H15N3. The number of aromatic nitrogens is 1. The van der Waals surface area contributed by atoms with Gasteiger partial charge in [-0.1, -0.05) is 6.07 Å². The molecule has 0 unspecified atom stereocenters. The molecule has 1 aromatic heterocycles. The van der Waals surface area contributed by atoms with Crippen LogP contribution in [0.15, 0.2) is 18.3 Å². The van der Waals surface area contributed by atoms with Gasteiger partial charge in [0.1, 0.15) is 5.82 Å². The maximum Gasteiger partial charge on any atom is 0.132 e. The minimum absolute atomic E-state index is 0.928. The normalized spacial score (nSPS) is 17.5. The molecule has 0 radical (unpaired) electrons. The Hall–Kier alpha value is -1.09. The van der Waals surface area contributed by atoms with E-state index in [0.717, 1.165) is 25.6 Å². The Morgan fingerprint density at radius 3 is 3.15 bits per heavy atom. The lowest BCUT2D eigenvalue weighted by Gasteiger charge is -2.29. The van der Waals surface area contributed by atoms with Crippen molar-refractivity contribution in [2.75, 3.05) is 24.7 Å². The van der Waals surface area contributed by atoms with E-state index in [1.165, 1.54) is 12.0 Å². The van der Waals surface area contributed by atoms with Crippen LogP contribution in [-0.4, -0.2) is 24.7 Å². The molecule has 0 aliphatic carbocycles. The molecule has 1 aromatic rings. The summed E-state index contributed by atoms with van der Waals surface area (Å²) in [5.41, 5.74) is 1.26. The van der Waals surface area contributed by atoms with Crippen LogP contribution in [0.1, 0.15) is 12.0 Å². The van der Waals surface area contributed by atoms with Gasteiger partial charge in [0.05, 0.1) is 6.67 Å². The summed E-state index contributed by atoms with van der Waals surface area (Å²) in [7, 11) is 0. The van der Waals surface area contributed by atoms with Crippen molar-refractivity contribution in [1.82, 2.24) is 10.3 Å². The summed E-state index contributed by atoms with van der Waals surface area (Å²) in [5, 5.41) is 3.35. The van der Waals surface area contributed by atoms with Crippen molar-refractivity contribution in [1.29, 1.82) is 0 Å². The molecule has 1 saturated heterocycles. The smallest absolute Gasteiger partial charge is 0.132 e. The molecule has 1 aliphatic rings. The summed E-state index contributed by atoms with van der Waals surface area (Å²) in [6.45, 7) is 5.28. The number of nitrogens with one attached hydrogen (secondary N) is 1. The fourth-order valence-corrected chi connectivity index (χ4v) is 1.68. The van der Waals surface area contributed by atoms with Gasteiger partial charge in [-0.2, -0.15) is 0 Å². The van der Waals surface area contributed by atoms with Crippen LogP contribution in [0.4, 0.5) is 5.82 Å². The number of pyridine rings is 1. The highest BCUT2D eigenvalue weighted by atomic mass is 15.3. The van der Waals surface area contributed by atoms with Crippen LogP contribution in [0.5, 0.6) is 0 Å². The third-order valence-electron chi connectivity index (χ3n) is 2.37. The molecule has 0 aromatic carbocycles. The molecule has 0 saturated carbocycles. The van der Waals surface area contributed by atoms with Crippen molar-refractivity contribution in [3.8, 4) is 0 Å². The van der Waals surface area contributed by atoms with Gasteiger partial charge in [0.15, 0.2) is 0 Å². The van der Waals surface area contributed by atoms with Crippen LogP contribution < -0.4 is 10.2 Å². The third-order valence-corrected chi connectivity index (χ3v) is 2.37. The summed E-state index contributed by atoms with van der Waals surface area (Å²) in [6, 6.07) is 4.09. The molecular weight excluding hydrogens is 162 g/mol. The van der Waals surface area contributed by atoms with Gasteiger partial charge in [0, 0.05) is 12.7 Å². The lowest BCUT2D eigenvalue weighted by atomic mass is 10.2. The zero-order valence-electron chi connectivity index (χ0n) is 7.95. The fraction of sp³-hybridized carbons (Fsp3) is 0.500. The number of rotatable bonds is 1. The predicted octanol–water partition coefficient (Wildman–Crippen LogP) is 1.15. The van der Waals surface area contributed by atoms with Gasteiger partial charge in [-0.3, -0.25) is 5.32 Å². The van der Waals surface area contributed by atoms with Gasteiger partial charge < -0.3 is 4.90 Å². The van der Waals surface area contributed by atoms with E-state index in [4.69, 9.17) is 0 Å². The summed E-state index contributed by atoms with van der Waals surface area (Å²) < 4.78 is 0. The lowest BCUT2D eigenvalue weighted by Crippen LogP contribution is -2.42. The molecule has 3 heteroatoms. The molecule has 0 amide bonds. The van der Waals surface area contributed by atoms with Crippen LogP contribution in [0, 0.1) is 6.92 Å². The van der Waals surface area contributed by atoms with Gasteiger partial charge in [-0.25, -0.2) is 4.98 Å². The van der Waals surface area contributed by atoms with Gasteiger partial charge in [0.2, 0.25) is 0 Å². The summed E-state index contributed by atoms with van der Waals surface area (Å²) >= 11 is 0. The topological polar surface area (TPSA) is 28.2 Å². The summed E-state index contributed by atoms with van der Waals surface area (Å²) in [6.07, 6.45) is 3.06. The van der Waals surface area contributed by atoms with E-state index in [9.17, 15) is 0 Å². The summed E-state index contributed by atoms with van der Waals surface area (Å²) in [4.78, 5) is 6.68. The molecule has 1 N–H and O–H groups in total. The number of hydrogen-bond acceptors (Lipinski definition) is 3. The molecule has 1 fully saturated rings. The first kappa shape index (κ1) is 8.51. The van der Waals surface area contributed by atoms with Crippen molar-refractivity contribution in [2.24, 2.45) is 0 Å². The quantitative estimate of drug-likeness (QED) is 0.697. The Morgan fingerprint density at radius 1 is 1.54 bits per heavy atom. The standard InChI is InChI=1S/C10H15N3/c1-9-4-2-6-12-10(9)13-7-3-5-11-8-13/h2,4,6,11H,3,5,7-8H2,1H3. The Balaban J connectivity index is 2.18. The summed E-state index contributed by atoms with van der Waals surface area (Å²) in [5.74, 6) is 1.12. The van der Waals surface area contributed by atoms with Gasteiger partial charge in [0.25, 0.3) is 0 Å². The van der Waals surface area contributed by atoms with Crippen molar-refractivity contribution in [2.45, 2.75) is 13.3 Å². The van der Waals surface area contributed by atoms with E-state index in [-0.39, 0.29) is 0 Å².